The molecule has 2 N–H and O–H groups in total. The third-order valence-corrected chi connectivity index (χ3v) is 3.27. The second-order valence-corrected chi connectivity index (χ2v) is 4.54. The van der Waals surface area contributed by atoms with Gasteiger partial charge in [0.25, 0.3) is 0 Å². The lowest BCUT2D eigenvalue weighted by molar-refractivity contribution is 0.180. The highest BCUT2D eigenvalue weighted by Gasteiger charge is 2.20. The highest BCUT2D eigenvalue weighted by Crippen LogP contribution is 2.09. The Morgan fingerprint density at radius 2 is 2.00 bits per heavy atom. The average Bonchev–Trinajstić information content (AvgIpc) is 2.31. The minimum absolute atomic E-state index is 0.142. The van der Waals surface area contributed by atoms with Crippen molar-refractivity contribution < 1.29 is 4.79 Å². The molecule has 2 rings (SSSR count). The quantitative estimate of drug-likeness (QED) is 0.678. The maximum Gasteiger partial charge on any atom is 0.317 e. The lowest BCUT2D eigenvalue weighted by Crippen LogP contribution is -2.51. The summed E-state index contributed by atoms with van der Waals surface area (Å²) < 4.78 is 0. The predicted molar refractivity (Wildman–Crippen MR) is 59.8 cm³/mol. The van der Waals surface area contributed by atoms with Crippen LogP contribution in [0.25, 0.3) is 0 Å². The summed E-state index contributed by atoms with van der Waals surface area (Å²) in [6.45, 7) is 3.90. The Balaban J connectivity index is 1.74. The third-order valence-electron chi connectivity index (χ3n) is 3.27. The van der Waals surface area contributed by atoms with Crippen LogP contribution in [0.1, 0.15) is 32.1 Å². The van der Waals surface area contributed by atoms with E-state index in [-0.39, 0.29) is 6.03 Å². The molecule has 2 aliphatic heterocycles. The highest BCUT2D eigenvalue weighted by molar-refractivity contribution is 5.74. The Bertz CT molecular complexity index is 208. The van der Waals surface area contributed by atoms with Crippen LogP contribution in [0, 0.1) is 0 Å². The summed E-state index contributed by atoms with van der Waals surface area (Å²) >= 11 is 0. The maximum atomic E-state index is 11.9. The van der Waals surface area contributed by atoms with Gasteiger partial charge < -0.3 is 15.5 Å². The molecule has 15 heavy (non-hydrogen) atoms. The van der Waals surface area contributed by atoms with E-state index in [1.807, 2.05) is 4.90 Å². The van der Waals surface area contributed by atoms with E-state index in [4.69, 9.17) is 0 Å². The first kappa shape index (κ1) is 10.7. The van der Waals surface area contributed by atoms with Gasteiger partial charge in [0, 0.05) is 25.7 Å². The van der Waals surface area contributed by atoms with Crippen molar-refractivity contribution in [1.82, 2.24) is 15.5 Å². The van der Waals surface area contributed by atoms with Gasteiger partial charge in [-0.05, 0) is 38.6 Å². The molecular weight excluding hydrogens is 190 g/mol. The summed E-state index contributed by atoms with van der Waals surface area (Å²) in [4.78, 5) is 13.8. The molecule has 0 aliphatic carbocycles. The van der Waals surface area contributed by atoms with Crippen LogP contribution < -0.4 is 10.6 Å². The Morgan fingerprint density at radius 1 is 1.20 bits per heavy atom. The number of hydrogen-bond acceptors (Lipinski definition) is 2. The minimum atomic E-state index is 0.142. The van der Waals surface area contributed by atoms with Gasteiger partial charge in [-0.25, -0.2) is 4.79 Å². The van der Waals surface area contributed by atoms with E-state index < -0.39 is 0 Å². The Kier molecular flexibility index (Phi) is 3.83. The molecular formula is C11H21N3O. The number of nitrogens with zero attached hydrogens (tertiary/aromatic N) is 1. The van der Waals surface area contributed by atoms with Gasteiger partial charge in [-0.1, -0.05) is 0 Å². The van der Waals surface area contributed by atoms with Gasteiger partial charge in [-0.3, -0.25) is 0 Å². The molecule has 2 fully saturated rings. The van der Waals surface area contributed by atoms with Gasteiger partial charge in [0.15, 0.2) is 0 Å². The molecule has 0 aromatic heterocycles. The predicted octanol–water partition coefficient (Wildman–Crippen LogP) is 0.934. The Labute approximate surface area is 91.4 Å². The summed E-state index contributed by atoms with van der Waals surface area (Å²) in [5.74, 6) is 0. The number of rotatable bonds is 1. The topological polar surface area (TPSA) is 44.4 Å². The van der Waals surface area contributed by atoms with E-state index in [9.17, 15) is 4.79 Å². The number of carbonyl (C=O) groups excluding carboxylic acids is 1. The van der Waals surface area contributed by atoms with Crippen molar-refractivity contribution in [1.29, 1.82) is 0 Å². The first-order valence-corrected chi connectivity index (χ1v) is 6.12. The van der Waals surface area contributed by atoms with E-state index in [0.717, 1.165) is 45.4 Å². The summed E-state index contributed by atoms with van der Waals surface area (Å²) in [5, 5.41) is 6.42. The van der Waals surface area contributed by atoms with Crippen LogP contribution >= 0.6 is 0 Å². The number of amides is 2. The molecule has 0 saturated carbocycles. The van der Waals surface area contributed by atoms with E-state index in [2.05, 4.69) is 10.6 Å². The SMILES string of the molecule is O=C(NC1CCCNC1)N1CCCCC1. The molecule has 2 amide bonds. The molecule has 0 spiro atoms. The van der Waals surface area contributed by atoms with Crippen molar-refractivity contribution in [3.8, 4) is 0 Å². The van der Waals surface area contributed by atoms with Crippen LogP contribution in [0.2, 0.25) is 0 Å². The van der Waals surface area contributed by atoms with Gasteiger partial charge in [0.1, 0.15) is 0 Å². The van der Waals surface area contributed by atoms with Crippen molar-refractivity contribution >= 4 is 6.03 Å². The standard InChI is InChI=1S/C11H21N3O/c15-11(14-7-2-1-3-8-14)13-10-5-4-6-12-9-10/h10,12H,1-9H2,(H,13,15). The normalized spacial score (nSPS) is 27.5. The van der Waals surface area contributed by atoms with Crippen molar-refractivity contribution in [2.24, 2.45) is 0 Å². The second-order valence-electron chi connectivity index (χ2n) is 4.54. The molecule has 2 saturated heterocycles. The Hall–Kier alpha value is -0.770. The first-order chi connectivity index (χ1) is 7.36. The molecule has 2 heterocycles. The highest BCUT2D eigenvalue weighted by atomic mass is 16.2. The molecule has 0 radical (unpaired) electrons. The number of hydrogen-bond donors (Lipinski definition) is 2. The monoisotopic (exact) mass is 211 g/mol. The fourth-order valence-corrected chi connectivity index (χ4v) is 2.34. The number of nitrogens with one attached hydrogen (secondary N) is 2. The fourth-order valence-electron chi connectivity index (χ4n) is 2.34. The zero-order valence-electron chi connectivity index (χ0n) is 9.30. The molecule has 0 bridgehead atoms. The average molecular weight is 211 g/mol. The first-order valence-electron chi connectivity index (χ1n) is 6.12. The molecule has 1 unspecified atom stereocenters. The van der Waals surface area contributed by atoms with Crippen LogP contribution in [-0.4, -0.2) is 43.2 Å². The van der Waals surface area contributed by atoms with Gasteiger partial charge in [0.2, 0.25) is 0 Å². The van der Waals surface area contributed by atoms with Crippen molar-refractivity contribution in [2.45, 2.75) is 38.1 Å². The lowest BCUT2D eigenvalue weighted by Gasteiger charge is -2.30. The fraction of sp³-hybridized carbons (Fsp3) is 0.909. The molecule has 0 aromatic carbocycles. The van der Waals surface area contributed by atoms with E-state index >= 15 is 0 Å². The number of carbonyl (C=O) groups is 1. The van der Waals surface area contributed by atoms with Crippen LogP contribution in [0.4, 0.5) is 4.79 Å². The zero-order chi connectivity index (χ0) is 10.5. The van der Waals surface area contributed by atoms with Crippen LogP contribution in [0.3, 0.4) is 0 Å². The Morgan fingerprint density at radius 3 is 2.67 bits per heavy atom. The number of urea groups is 1. The zero-order valence-corrected chi connectivity index (χ0v) is 9.30. The number of piperidine rings is 2. The summed E-state index contributed by atoms with van der Waals surface area (Å²) in [6, 6.07) is 0.483. The molecule has 0 aromatic rings. The molecule has 86 valence electrons. The van der Waals surface area contributed by atoms with Crippen LogP contribution in [0.15, 0.2) is 0 Å². The lowest BCUT2D eigenvalue weighted by atomic mass is 10.1. The minimum Gasteiger partial charge on any atom is -0.334 e. The van der Waals surface area contributed by atoms with Gasteiger partial charge in [0.05, 0.1) is 0 Å². The maximum absolute atomic E-state index is 11.9. The smallest absolute Gasteiger partial charge is 0.317 e. The summed E-state index contributed by atoms with van der Waals surface area (Å²) in [5.41, 5.74) is 0. The molecule has 4 heteroatoms. The van der Waals surface area contributed by atoms with Crippen molar-refractivity contribution in [2.75, 3.05) is 26.2 Å². The second kappa shape index (κ2) is 5.35. The molecule has 2 aliphatic rings. The van der Waals surface area contributed by atoms with E-state index in [1.54, 1.807) is 0 Å². The van der Waals surface area contributed by atoms with Crippen LogP contribution in [-0.2, 0) is 0 Å². The van der Waals surface area contributed by atoms with Crippen LogP contribution in [0.5, 0.6) is 0 Å². The third kappa shape index (κ3) is 3.09. The molecule has 1 atom stereocenters. The van der Waals surface area contributed by atoms with E-state index in [0.29, 0.717) is 6.04 Å². The summed E-state index contributed by atoms with van der Waals surface area (Å²) in [7, 11) is 0. The molecule has 4 nitrogen and oxygen atoms in total. The van der Waals surface area contributed by atoms with Crippen molar-refractivity contribution in [3.05, 3.63) is 0 Å². The summed E-state index contributed by atoms with van der Waals surface area (Å²) in [6.07, 6.45) is 5.89. The van der Waals surface area contributed by atoms with Gasteiger partial charge in [-0.2, -0.15) is 0 Å². The van der Waals surface area contributed by atoms with Crippen molar-refractivity contribution in [3.63, 3.8) is 0 Å². The number of likely N-dealkylation sites (tertiary alicyclic amines) is 1. The van der Waals surface area contributed by atoms with Gasteiger partial charge >= 0.3 is 6.03 Å². The van der Waals surface area contributed by atoms with E-state index in [1.165, 1.54) is 12.8 Å². The largest absolute Gasteiger partial charge is 0.334 e. The van der Waals surface area contributed by atoms with Gasteiger partial charge in [-0.15, -0.1) is 0 Å².